The highest BCUT2D eigenvalue weighted by Crippen LogP contribution is 2.34. The van der Waals surface area contributed by atoms with E-state index in [1.807, 2.05) is 6.92 Å². The minimum atomic E-state index is -1.23. The van der Waals surface area contributed by atoms with Gasteiger partial charge in [-0.15, -0.1) is 0 Å². The lowest BCUT2D eigenvalue weighted by atomic mass is 10.2. The summed E-state index contributed by atoms with van der Waals surface area (Å²) in [7, 11) is 1.57. The van der Waals surface area contributed by atoms with Gasteiger partial charge in [0.25, 0.3) is 0 Å². The van der Waals surface area contributed by atoms with Gasteiger partial charge < -0.3 is 19.4 Å². The Hall–Kier alpha value is -1.24. The third kappa shape index (κ3) is 3.92. The average Bonchev–Trinajstić information content (AvgIpc) is 2.26. The smallest absolute Gasteiger partial charge is 0.174 e. The number of carbonyl (C=O) groups is 1. The number of ether oxygens (including phenoxy) is 2. The number of benzene rings is 1. The van der Waals surface area contributed by atoms with Crippen LogP contribution in [0.25, 0.3) is 6.08 Å². The van der Waals surface area contributed by atoms with Gasteiger partial charge in [-0.3, -0.25) is 0 Å². The maximum absolute atomic E-state index is 10.3. The standard InChI is InChI=1S/C12H13IO4/c1-3-17-10-7-8(4-5-11(14)15)6-9(13)12(10)16-2/h4-7H,3H2,1-2H3,(H,14,15)/p-1/b5-4+. The van der Waals surface area contributed by atoms with Crippen molar-refractivity contribution < 1.29 is 19.4 Å². The summed E-state index contributed by atoms with van der Waals surface area (Å²) < 4.78 is 11.5. The molecule has 0 N–H and O–H groups in total. The van der Waals surface area contributed by atoms with Gasteiger partial charge in [-0.25, -0.2) is 0 Å². The molecule has 92 valence electrons. The van der Waals surface area contributed by atoms with Crippen LogP contribution >= 0.6 is 22.6 Å². The SMILES string of the molecule is CCOc1cc(/C=C/C(=O)[O-])cc(I)c1OC. The molecule has 0 heterocycles. The molecule has 4 nitrogen and oxygen atoms in total. The molecule has 5 heteroatoms. The summed E-state index contributed by atoms with van der Waals surface area (Å²) in [4.78, 5) is 10.3. The second-order valence-corrected chi connectivity index (χ2v) is 4.28. The molecule has 0 radical (unpaired) electrons. The zero-order valence-electron chi connectivity index (χ0n) is 9.53. The van der Waals surface area contributed by atoms with E-state index in [1.54, 1.807) is 19.2 Å². The Labute approximate surface area is 113 Å². The predicted molar refractivity (Wildman–Crippen MR) is 70.9 cm³/mol. The summed E-state index contributed by atoms with van der Waals surface area (Å²) in [5, 5.41) is 10.3. The maximum atomic E-state index is 10.3. The van der Waals surface area contributed by atoms with E-state index in [1.165, 1.54) is 6.08 Å². The minimum Gasteiger partial charge on any atom is -0.545 e. The Bertz CT molecular complexity index is 440. The summed E-state index contributed by atoms with van der Waals surface area (Å²) in [6.07, 6.45) is 2.44. The lowest BCUT2D eigenvalue weighted by Crippen LogP contribution is -2.18. The van der Waals surface area contributed by atoms with Crippen LogP contribution in [0.1, 0.15) is 12.5 Å². The summed E-state index contributed by atoms with van der Waals surface area (Å²) in [6, 6.07) is 3.53. The zero-order chi connectivity index (χ0) is 12.8. The van der Waals surface area contributed by atoms with Crippen molar-refractivity contribution in [3.05, 3.63) is 27.3 Å². The molecule has 1 aromatic rings. The van der Waals surface area contributed by atoms with Crippen LogP contribution in [0.5, 0.6) is 11.5 Å². The predicted octanol–water partition coefficient (Wildman–Crippen LogP) is 1.46. The topological polar surface area (TPSA) is 58.6 Å². The number of carbonyl (C=O) groups excluding carboxylic acids is 1. The molecule has 1 aromatic carbocycles. The molecule has 0 aromatic heterocycles. The molecule has 17 heavy (non-hydrogen) atoms. The molecule has 0 atom stereocenters. The van der Waals surface area contributed by atoms with Crippen molar-refractivity contribution in [1.29, 1.82) is 0 Å². The van der Waals surface area contributed by atoms with Crippen LogP contribution in [-0.2, 0) is 4.79 Å². The van der Waals surface area contributed by atoms with E-state index in [2.05, 4.69) is 22.6 Å². The van der Waals surface area contributed by atoms with E-state index in [0.29, 0.717) is 18.1 Å². The summed E-state index contributed by atoms with van der Waals surface area (Å²) in [5.74, 6) is 0.0201. The number of hydrogen-bond donors (Lipinski definition) is 0. The van der Waals surface area contributed by atoms with E-state index < -0.39 is 5.97 Å². The number of carboxylic acids is 1. The van der Waals surface area contributed by atoms with Gasteiger partial charge in [0.15, 0.2) is 11.5 Å². The number of rotatable bonds is 5. The highest BCUT2D eigenvalue weighted by atomic mass is 127. The molecule has 0 saturated heterocycles. The van der Waals surface area contributed by atoms with Gasteiger partial charge in [-0.2, -0.15) is 0 Å². The van der Waals surface area contributed by atoms with Crippen molar-refractivity contribution in [3.63, 3.8) is 0 Å². The van der Waals surface area contributed by atoms with Gasteiger partial charge in [0.05, 0.1) is 23.3 Å². The van der Waals surface area contributed by atoms with Crippen LogP contribution in [-0.4, -0.2) is 19.7 Å². The fourth-order valence-corrected chi connectivity index (χ4v) is 2.16. The Kier molecular flexibility index (Phi) is 5.27. The lowest BCUT2D eigenvalue weighted by Gasteiger charge is -2.12. The quantitative estimate of drug-likeness (QED) is 0.598. The van der Waals surface area contributed by atoms with E-state index >= 15 is 0 Å². The summed E-state index contributed by atoms with van der Waals surface area (Å²) in [5.41, 5.74) is 0.725. The Morgan fingerprint density at radius 1 is 1.53 bits per heavy atom. The molecule has 0 amide bonds. The number of aliphatic carboxylic acids is 1. The minimum absolute atomic E-state index is 0.514. The van der Waals surface area contributed by atoms with Crippen LogP contribution in [0, 0.1) is 3.57 Å². The molecular formula is C12H12IO4-. The zero-order valence-corrected chi connectivity index (χ0v) is 11.7. The first-order chi connectivity index (χ1) is 8.08. The second kappa shape index (κ2) is 6.48. The van der Waals surface area contributed by atoms with Gasteiger partial charge >= 0.3 is 0 Å². The van der Waals surface area contributed by atoms with Crippen LogP contribution in [0.2, 0.25) is 0 Å². The molecule has 0 aliphatic heterocycles. The molecule has 1 rings (SSSR count). The fourth-order valence-electron chi connectivity index (χ4n) is 1.31. The first kappa shape index (κ1) is 13.8. The summed E-state index contributed by atoms with van der Waals surface area (Å²) in [6.45, 7) is 2.38. The first-order valence-electron chi connectivity index (χ1n) is 4.97. The van der Waals surface area contributed by atoms with E-state index in [9.17, 15) is 9.90 Å². The van der Waals surface area contributed by atoms with Crippen LogP contribution < -0.4 is 14.6 Å². The molecule has 0 bridgehead atoms. The molecule has 0 saturated carbocycles. The van der Waals surface area contributed by atoms with Crippen molar-refractivity contribution in [2.24, 2.45) is 0 Å². The van der Waals surface area contributed by atoms with Crippen molar-refractivity contribution in [1.82, 2.24) is 0 Å². The largest absolute Gasteiger partial charge is 0.545 e. The first-order valence-corrected chi connectivity index (χ1v) is 6.05. The lowest BCUT2D eigenvalue weighted by molar-refractivity contribution is -0.297. The molecule has 0 aliphatic carbocycles. The van der Waals surface area contributed by atoms with Crippen molar-refractivity contribution in [2.45, 2.75) is 6.92 Å². The van der Waals surface area contributed by atoms with Crippen molar-refractivity contribution in [3.8, 4) is 11.5 Å². The van der Waals surface area contributed by atoms with E-state index in [4.69, 9.17) is 9.47 Å². The Morgan fingerprint density at radius 3 is 2.76 bits per heavy atom. The van der Waals surface area contributed by atoms with Gasteiger partial charge in [0.1, 0.15) is 0 Å². The fraction of sp³-hybridized carbons (Fsp3) is 0.250. The third-order valence-corrected chi connectivity index (χ3v) is 2.75. The summed E-state index contributed by atoms with van der Waals surface area (Å²) >= 11 is 2.11. The maximum Gasteiger partial charge on any atom is 0.174 e. The Balaban J connectivity index is 3.14. The van der Waals surface area contributed by atoms with Crippen LogP contribution in [0.15, 0.2) is 18.2 Å². The van der Waals surface area contributed by atoms with Gasteiger partial charge in [-0.05, 0) is 53.3 Å². The average molecular weight is 347 g/mol. The molecular weight excluding hydrogens is 335 g/mol. The normalized spacial score (nSPS) is 10.5. The molecule has 0 spiro atoms. The van der Waals surface area contributed by atoms with Gasteiger partial charge in [-0.1, -0.05) is 6.08 Å². The van der Waals surface area contributed by atoms with Gasteiger partial charge in [0.2, 0.25) is 0 Å². The number of halogens is 1. The Morgan fingerprint density at radius 2 is 2.24 bits per heavy atom. The monoisotopic (exact) mass is 347 g/mol. The van der Waals surface area contributed by atoms with E-state index in [0.717, 1.165) is 15.2 Å². The number of methoxy groups -OCH3 is 1. The van der Waals surface area contributed by atoms with Crippen LogP contribution in [0.3, 0.4) is 0 Å². The molecule has 0 fully saturated rings. The number of hydrogen-bond acceptors (Lipinski definition) is 4. The third-order valence-electron chi connectivity index (χ3n) is 1.95. The van der Waals surface area contributed by atoms with Crippen molar-refractivity contribution in [2.75, 3.05) is 13.7 Å². The van der Waals surface area contributed by atoms with Crippen LogP contribution in [0.4, 0.5) is 0 Å². The highest BCUT2D eigenvalue weighted by Gasteiger charge is 2.09. The second-order valence-electron chi connectivity index (χ2n) is 3.12. The van der Waals surface area contributed by atoms with E-state index in [-0.39, 0.29) is 0 Å². The molecule has 0 unspecified atom stereocenters. The van der Waals surface area contributed by atoms with Gasteiger partial charge in [0, 0.05) is 0 Å². The van der Waals surface area contributed by atoms with Crippen molar-refractivity contribution >= 4 is 34.6 Å². The highest BCUT2D eigenvalue weighted by molar-refractivity contribution is 14.1. The molecule has 0 aliphatic rings. The number of carboxylic acid groups (broad SMARTS) is 1.